The summed E-state index contributed by atoms with van der Waals surface area (Å²) in [5.41, 5.74) is 0.304. The van der Waals surface area contributed by atoms with Crippen molar-refractivity contribution in [1.29, 1.82) is 0 Å². The number of fused-ring (bicyclic) bond motifs is 1. The lowest BCUT2D eigenvalue weighted by atomic mass is 9.39. The molecule has 5 fully saturated rings. The molecule has 2 N–H and O–H groups in total. The van der Waals surface area contributed by atoms with Crippen LogP contribution in [0.5, 0.6) is 0 Å². The van der Waals surface area contributed by atoms with Crippen molar-refractivity contribution in [3.63, 3.8) is 0 Å². The van der Waals surface area contributed by atoms with E-state index < -0.39 is 0 Å². The molecule has 0 aromatic carbocycles. The first-order valence-electron chi connectivity index (χ1n) is 6.58. The molecule has 0 radical (unpaired) electrons. The maximum absolute atomic E-state index is 12.4. The van der Waals surface area contributed by atoms with Gasteiger partial charge in [0.05, 0.1) is 6.04 Å². The molecule has 5 heteroatoms. The molecule has 1 unspecified atom stereocenters. The Labute approximate surface area is 101 Å². The zero-order valence-corrected chi connectivity index (χ0v) is 9.98. The van der Waals surface area contributed by atoms with Gasteiger partial charge in [-0.1, -0.05) is 0 Å². The minimum atomic E-state index is 0.122. The van der Waals surface area contributed by atoms with Crippen molar-refractivity contribution in [2.45, 2.75) is 30.8 Å². The highest BCUT2D eigenvalue weighted by atomic mass is 16.3. The molecule has 17 heavy (non-hydrogen) atoms. The van der Waals surface area contributed by atoms with Crippen molar-refractivity contribution in [1.82, 2.24) is 15.1 Å². The summed E-state index contributed by atoms with van der Waals surface area (Å²) in [7, 11) is 0. The van der Waals surface area contributed by atoms with Crippen LogP contribution >= 0.6 is 0 Å². The van der Waals surface area contributed by atoms with E-state index in [4.69, 9.17) is 0 Å². The Hall–Kier alpha value is -0.810. The second kappa shape index (κ2) is 2.95. The molecule has 5 aliphatic rings. The van der Waals surface area contributed by atoms with E-state index in [1.165, 1.54) is 0 Å². The number of rotatable bonds is 2. The molecule has 2 heterocycles. The molecule has 1 atom stereocenters. The number of amides is 2. The van der Waals surface area contributed by atoms with Crippen molar-refractivity contribution in [2.24, 2.45) is 5.41 Å². The maximum atomic E-state index is 12.4. The van der Waals surface area contributed by atoms with Crippen LogP contribution < -0.4 is 5.32 Å². The zero-order valence-electron chi connectivity index (χ0n) is 9.98. The van der Waals surface area contributed by atoms with E-state index >= 15 is 0 Å². The summed E-state index contributed by atoms with van der Waals surface area (Å²) in [4.78, 5) is 16.5. The third-order valence-electron chi connectivity index (χ3n) is 5.24. The summed E-state index contributed by atoms with van der Waals surface area (Å²) in [6.07, 6.45) is 3.07. The number of nitrogens with one attached hydrogen (secondary N) is 1. The van der Waals surface area contributed by atoms with Crippen LogP contribution in [0, 0.1) is 5.41 Å². The normalized spacial score (nSPS) is 47.6. The van der Waals surface area contributed by atoms with Gasteiger partial charge in [-0.3, -0.25) is 0 Å². The van der Waals surface area contributed by atoms with Gasteiger partial charge in [-0.25, -0.2) is 4.79 Å². The molecule has 2 saturated heterocycles. The molecule has 3 aliphatic carbocycles. The molecule has 2 bridgehead atoms. The van der Waals surface area contributed by atoms with Crippen LogP contribution in [0.25, 0.3) is 0 Å². The third-order valence-corrected chi connectivity index (χ3v) is 5.24. The van der Waals surface area contributed by atoms with Crippen LogP contribution in [0.15, 0.2) is 0 Å². The highest BCUT2D eigenvalue weighted by molar-refractivity contribution is 5.79. The number of carbonyl (C=O) groups excluding carboxylic acids is 1. The maximum Gasteiger partial charge on any atom is 0.320 e. The summed E-state index contributed by atoms with van der Waals surface area (Å²) in [6.45, 7) is 3.88. The highest BCUT2D eigenvalue weighted by Gasteiger charge is 2.72. The molecule has 2 amide bonds. The Morgan fingerprint density at radius 2 is 2.18 bits per heavy atom. The van der Waals surface area contributed by atoms with E-state index in [9.17, 15) is 9.90 Å². The quantitative estimate of drug-likeness (QED) is 0.688. The first kappa shape index (κ1) is 10.1. The number of urea groups is 1. The zero-order chi connectivity index (χ0) is 11.7. The minimum absolute atomic E-state index is 0.122. The molecule has 94 valence electrons. The summed E-state index contributed by atoms with van der Waals surface area (Å²) >= 11 is 0. The van der Waals surface area contributed by atoms with Crippen molar-refractivity contribution < 1.29 is 9.90 Å². The van der Waals surface area contributed by atoms with Gasteiger partial charge < -0.3 is 20.2 Å². The number of hydrogen-bond acceptors (Lipinski definition) is 3. The van der Waals surface area contributed by atoms with E-state index in [1.807, 2.05) is 4.90 Å². The number of aliphatic hydroxyl groups excluding tert-OH is 1. The molecular formula is C12H19N3O2. The molecule has 2 aliphatic heterocycles. The van der Waals surface area contributed by atoms with Crippen LogP contribution in [0.1, 0.15) is 19.3 Å². The van der Waals surface area contributed by atoms with Crippen LogP contribution in [0.4, 0.5) is 4.79 Å². The molecule has 5 nitrogen and oxygen atoms in total. The van der Waals surface area contributed by atoms with Crippen LogP contribution in [0.3, 0.4) is 0 Å². The van der Waals surface area contributed by atoms with Crippen molar-refractivity contribution in [3.8, 4) is 0 Å². The molecule has 0 aromatic rings. The third kappa shape index (κ3) is 1.09. The Balaban J connectivity index is 1.52. The smallest absolute Gasteiger partial charge is 0.320 e. The second-order valence-electron chi connectivity index (χ2n) is 6.36. The summed E-state index contributed by atoms with van der Waals surface area (Å²) < 4.78 is 0. The lowest BCUT2D eigenvalue weighted by Crippen LogP contribution is -2.76. The second-order valence-corrected chi connectivity index (χ2v) is 6.36. The van der Waals surface area contributed by atoms with Crippen molar-refractivity contribution in [2.75, 3.05) is 32.8 Å². The largest absolute Gasteiger partial charge is 0.396 e. The number of piperazine rings is 1. The van der Waals surface area contributed by atoms with E-state index in [0.717, 1.165) is 45.4 Å². The van der Waals surface area contributed by atoms with Gasteiger partial charge in [0.1, 0.15) is 0 Å². The molecular weight excluding hydrogens is 218 g/mol. The minimum Gasteiger partial charge on any atom is -0.396 e. The average molecular weight is 237 g/mol. The van der Waals surface area contributed by atoms with E-state index in [2.05, 4.69) is 10.2 Å². The number of nitrogens with zero attached hydrogens (tertiary/aromatic N) is 2. The van der Waals surface area contributed by atoms with E-state index in [-0.39, 0.29) is 17.0 Å². The van der Waals surface area contributed by atoms with E-state index in [0.29, 0.717) is 12.6 Å². The average Bonchev–Trinajstić information content (AvgIpc) is 2.55. The standard InChI is InChI=1S/C12H19N3O2/c16-8-11-5-12(6-11,7-11)15-4-9-3-13-1-2-14(9)10(15)17/h9,13,16H,1-8H2. The Morgan fingerprint density at radius 3 is 2.82 bits per heavy atom. The fourth-order valence-electron chi connectivity index (χ4n) is 4.41. The number of aliphatic hydroxyl groups is 1. The molecule has 3 saturated carbocycles. The Morgan fingerprint density at radius 1 is 1.41 bits per heavy atom. The number of hydrogen-bond donors (Lipinski definition) is 2. The fourth-order valence-corrected chi connectivity index (χ4v) is 4.41. The van der Waals surface area contributed by atoms with Gasteiger partial charge in [0.2, 0.25) is 0 Å². The van der Waals surface area contributed by atoms with Gasteiger partial charge in [-0.15, -0.1) is 0 Å². The first-order valence-corrected chi connectivity index (χ1v) is 6.58. The predicted molar refractivity (Wildman–Crippen MR) is 61.6 cm³/mol. The molecule has 5 rings (SSSR count). The monoisotopic (exact) mass is 237 g/mol. The summed E-state index contributed by atoms with van der Waals surface area (Å²) in [6, 6.07) is 0.609. The van der Waals surface area contributed by atoms with Crippen LogP contribution in [0.2, 0.25) is 0 Å². The Kier molecular flexibility index (Phi) is 1.76. The van der Waals surface area contributed by atoms with Gasteiger partial charge in [0.15, 0.2) is 0 Å². The lowest BCUT2D eigenvalue weighted by Gasteiger charge is -2.72. The van der Waals surface area contributed by atoms with Gasteiger partial charge in [0.25, 0.3) is 0 Å². The number of carbonyl (C=O) groups is 1. The SMILES string of the molecule is O=C1N2CCNCC2CN1C12CC(CO)(C1)C2. The van der Waals surface area contributed by atoms with Gasteiger partial charge >= 0.3 is 6.03 Å². The van der Waals surface area contributed by atoms with Gasteiger partial charge in [-0.2, -0.15) is 0 Å². The lowest BCUT2D eigenvalue weighted by molar-refractivity contribution is -0.217. The summed E-state index contributed by atoms with van der Waals surface area (Å²) in [5, 5.41) is 12.6. The topological polar surface area (TPSA) is 55.8 Å². The fraction of sp³-hybridized carbons (Fsp3) is 0.917. The highest BCUT2D eigenvalue weighted by Crippen LogP contribution is 2.70. The van der Waals surface area contributed by atoms with Gasteiger partial charge in [-0.05, 0) is 19.3 Å². The van der Waals surface area contributed by atoms with Crippen molar-refractivity contribution >= 4 is 6.03 Å². The van der Waals surface area contributed by atoms with Gasteiger partial charge in [0, 0.05) is 43.7 Å². The molecule has 0 spiro atoms. The predicted octanol–water partition coefficient (Wildman–Crippen LogP) is -0.389. The van der Waals surface area contributed by atoms with Crippen LogP contribution in [-0.2, 0) is 0 Å². The summed E-state index contributed by atoms with van der Waals surface area (Å²) in [5.74, 6) is 0. The molecule has 0 aromatic heterocycles. The first-order chi connectivity index (χ1) is 8.18. The van der Waals surface area contributed by atoms with Crippen LogP contribution in [-0.4, -0.2) is 65.3 Å². The Bertz CT molecular complexity index is 364. The van der Waals surface area contributed by atoms with E-state index in [1.54, 1.807) is 0 Å². The van der Waals surface area contributed by atoms with Crippen molar-refractivity contribution in [3.05, 3.63) is 0 Å².